The van der Waals surface area contributed by atoms with Gasteiger partial charge in [0.25, 0.3) is 0 Å². The van der Waals surface area contributed by atoms with Gasteiger partial charge in [-0.1, -0.05) is 13.8 Å². The first-order chi connectivity index (χ1) is 10.0. The SMILES string of the molecule is CSCC[C@H](N)C(=O)NCC(CC(C)C)N1CCOCC1. The molecule has 0 aromatic rings. The molecule has 1 aliphatic rings. The first-order valence-electron chi connectivity index (χ1n) is 7.88. The molecule has 1 amide bonds. The number of thioether (sulfide) groups is 1. The Hall–Kier alpha value is -0.300. The molecule has 0 saturated carbocycles. The molecular weight excluding hydrogens is 286 g/mol. The molecule has 1 heterocycles. The van der Waals surface area contributed by atoms with Gasteiger partial charge in [0.05, 0.1) is 19.3 Å². The molecule has 0 bridgehead atoms. The second kappa shape index (κ2) is 10.4. The summed E-state index contributed by atoms with van der Waals surface area (Å²) in [6, 6.07) is -0.00700. The van der Waals surface area contributed by atoms with Crippen molar-refractivity contribution in [3.05, 3.63) is 0 Å². The van der Waals surface area contributed by atoms with E-state index in [2.05, 4.69) is 24.1 Å². The second-order valence-electron chi connectivity index (χ2n) is 6.06. The predicted molar refractivity (Wildman–Crippen MR) is 89.6 cm³/mol. The van der Waals surface area contributed by atoms with Gasteiger partial charge in [0.1, 0.15) is 0 Å². The highest BCUT2D eigenvalue weighted by molar-refractivity contribution is 7.98. The minimum absolute atomic E-state index is 0.0222. The van der Waals surface area contributed by atoms with Gasteiger partial charge in [0.2, 0.25) is 5.91 Å². The molecule has 0 radical (unpaired) electrons. The Morgan fingerprint density at radius 1 is 1.38 bits per heavy atom. The van der Waals surface area contributed by atoms with E-state index in [-0.39, 0.29) is 11.9 Å². The van der Waals surface area contributed by atoms with E-state index in [1.165, 1.54) is 0 Å². The number of nitrogens with two attached hydrogens (primary N) is 1. The molecular formula is C15H31N3O2S. The van der Waals surface area contributed by atoms with Gasteiger partial charge in [0.15, 0.2) is 0 Å². The Morgan fingerprint density at radius 2 is 2.05 bits per heavy atom. The van der Waals surface area contributed by atoms with Crippen LogP contribution in [0.3, 0.4) is 0 Å². The molecule has 124 valence electrons. The van der Waals surface area contributed by atoms with Crippen LogP contribution in [0.25, 0.3) is 0 Å². The molecule has 0 aromatic carbocycles. The largest absolute Gasteiger partial charge is 0.379 e. The zero-order chi connectivity index (χ0) is 15.7. The second-order valence-corrected chi connectivity index (χ2v) is 7.05. The Labute approximate surface area is 133 Å². The number of hydrogen-bond acceptors (Lipinski definition) is 5. The lowest BCUT2D eigenvalue weighted by Gasteiger charge is -2.35. The monoisotopic (exact) mass is 317 g/mol. The van der Waals surface area contributed by atoms with Crippen molar-refractivity contribution in [2.75, 3.05) is 44.9 Å². The van der Waals surface area contributed by atoms with E-state index in [0.29, 0.717) is 18.5 Å². The summed E-state index contributed by atoms with van der Waals surface area (Å²) < 4.78 is 5.41. The Bertz CT molecular complexity index is 297. The molecule has 1 fully saturated rings. The molecule has 6 heteroatoms. The van der Waals surface area contributed by atoms with Crippen LogP contribution in [0, 0.1) is 5.92 Å². The first-order valence-corrected chi connectivity index (χ1v) is 9.28. The van der Waals surface area contributed by atoms with Gasteiger partial charge >= 0.3 is 0 Å². The fraction of sp³-hybridized carbons (Fsp3) is 0.933. The van der Waals surface area contributed by atoms with Crippen LogP contribution in [-0.2, 0) is 9.53 Å². The van der Waals surface area contributed by atoms with Gasteiger partial charge in [-0.25, -0.2) is 0 Å². The highest BCUT2D eigenvalue weighted by Crippen LogP contribution is 2.13. The number of rotatable bonds is 9. The third-order valence-corrected chi connectivity index (χ3v) is 4.43. The van der Waals surface area contributed by atoms with Gasteiger partial charge in [-0.3, -0.25) is 9.69 Å². The van der Waals surface area contributed by atoms with E-state index in [1.807, 2.05) is 6.26 Å². The van der Waals surface area contributed by atoms with Gasteiger partial charge in [-0.15, -0.1) is 0 Å². The molecule has 5 nitrogen and oxygen atoms in total. The number of amides is 1. The first kappa shape index (κ1) is 18.7. The van der Waals surface area contributed by atoms with E-state index >= 15 is 0 Å². The molecule has 1 rings (SSSR count). The Morgan fingerprint density at radius 3 is 2.62 bits per heavy atom. The Balaban J connectivity index is 2.42. The number of ether oxygens (including phenoxy) is 1. The Kier molecular flexibility index (Phi) is 9.31. The van der Waals surface area contributed by atoms with Crippen molar-refractivity contribution in [1.82, 2.24) is 10.2 Å². The maximum Gasteiger partial charge on any atom is 0.237 e. The van der Waals surface area contributed by atoms with Gasteiger partial charge < -0.3 is 15.8 Å². The van der Waals surface area contributed by atoms with Gasteiger partial charge in [-0.05, 0) is 30.8 Å². The van der Waals surface area contributed by atoms with Crippen LogP contribution in [0.15, 0.2) is 0 Å². The predicted octanol–water partition coefficient (Wildman–Crippen LogP) is 0.930. The lowest BCUT2D eigenvalue weighted by atomic mass is 10.0. The molecule has 1 unspecified atom stereocenters. The fourth-order valence-corrected chi connectivity index (χ4v) is 3.06. The lowest BCUT2D eigenvalue weighted by molar-refractivity contribution is -0.122. The minimum Gasteiger partial charge on any atom is -0.379 e. The quantitative estimate of drug-likeness (QED) is 0.662. The normalized spacial score (nSPS) is 19.5. The zero-order valence-corrected chi connectivity index (χ0v) is 14.5. The molecule has 1 aliphatic heterocycles. The number of morpholine rings is 1. The topological polar surface area (TPSA) is 67.6 Å². The smallest absolute Gasteiger partial charge is 0.237 e. The summed E-state index contributed by atoms with van der Waals surface area (Å²) >= 11 is 1.72. The summed E-state index contributed by atoms with van der Waals surface area (Å²) in [6.45, 7) is 8.60. The average molecular weight is 317 g/mol. The molecule has 1 saturated heterocycles. The van der Waals surface area contributed by atoms with E-state index in [0.717, 1.165) is 44.9 Å². The summed E-state index contributed by atoms with van der Waals surface area (Å²) in [5.74, 6) is 1.51. The average Bonchev–Trinajstić information content (AvgIpc) is 2.49. The summed E-state index contributed by atoms with van der Waals surface area (Å²) in [5.41, 5.74) is 5.91. The van der Waals surface area contributed by atoms with E-state index < -0.39 is 0 Å². The maximum absolute atomic E-state index is 12.0. The molecule has 3 N–H and O–H groups in total. The number of carbonyl (C=O) groups is 1. The van der Waals surface area contributed by atoms with Crippen LogP contribution in [0.1, 0.15) is 26.7 Å². The summed E-state index contributed by atoms with van der Waals surface area (Å²) in [4.78, 5) is 14.5. The van der Waals surface area contributed by atoms with Crippen LogP contribution in [0.2, 0.25) is 0 Å². The summed E-state index contributed by atoms with van der Waals surface area (Å²) in [7, 11) is 0. The molecule has 0 aliphatic carbocycles. The van der Waals surface area contributed by atoms with Crippen molar-refractivity contribution < 1.29 is 9.53 Å². The number of carbonyl (C=O) groups excluding carboxylic acids is 1. The van der Waals surface area contributed by atoms with Crippen LogP contribution >= 0.6 is 11.8 Å². The summed E-state index contributed by atoms with van der Waals surface area (Å²) in [5, 5.41) is 3.04. The van der Waals surface area contributed by atoms with Crippen molar-refractivity contribution in [2.24, 2.45) is 11.7 Å². The highest BCUT2D eigenvalue weighted by atomic mass is 32.2. The number of nitrogens with zero attached hydrogens (tertiary/aromatic N) is 1. The fourth-order valence-electron chi connectivity index (χ4n) is 2.57. The van der Waals surface area contributed by atoms with E-state index in [1.54, 1.807) is 11.8 Å². The van der Waals surface area contributed by atoms with Crippen molar-refractivity contribution >= 4 is 17.7 Å². The third-order valence-electron chi connectivity index (χ3n) is 3.79. The number of hydrogen-bond donors (Lipinski definition) is 2. The summed E-state index contributed by atoms with van der Waals surface area (Å²) in [6.07, 6.45) is 3.85. The van der Waals surface area contributed by atoms with Crippen molar-refractivity contribution in [3.8, 4) is 0 Å². The highest BCUT2D eigenvalue weighted by Gasteiger charge is 2.23. The van der Waals surface area contributed by atoms with E-state index in [9.17, 15) is 4.79 Å². The number of nitrogens with one attached hydrogen (secondary N) is 1. The van der Waals surface area contributed by atoms with Crippen LogP contribution in [0.5, 0.6) is 0 Å². The van der Waals surface area contributed by atoms with Crippen LogP contribution < -0.4 is 11.1 Å². The van der Waals surface area contributed by atoms with Crippen molar-refractivity contribution in [2.45, 2.75) is 38.8 Å². The zero-order valence-electron chi connectivity index (χ0n) is 13.6. The van der Waals surface area contributed by atoms with Crippen LogP contribution in [-0.4, -0.2) is 67.7 Å². The standard InChI is InChI=1S/C15H31N3O2S/c1-12(2)10-13(18-5-7-20-8-6-18)11-17-15(19)14(16)4-9-21-3/h12-14H,4-11,16H2,1-3H3,(H,17,19)/t13?,14-/m0/s1. The van der Waals surface area contributed by atoms with E-state index in [4.69, 9.17) is 10.5 Å². The maximum atomic E-state index is 12.0. The minimum atomic E-state index is -0.387. The van der Waals surface area contributed by atoms with Gasteiger partial charge in [0, 0.05) is 25.7 Å². The van der Waals surface area contributed by atoms with Crippen molar-refractivity contribution in [1.29, 1.82) is 0 Å². The molecule has 2 atom stereocenters. The molecule has 0 aromatic heterocycles. The van der Waals surface area contributed by atoms with Gasteiger partial charge in [-0.2, -0.15) is 11.8 Å². The third kappa shape index (κ3) is 7.49. The molecule has 0 spiro atoms. The van der Waals surface area contributed by atoms with Crippen LogP contribution in [0.4, 0.5) is 0 Å². The lowest BCUT2D eigenvalue weighted by Crippen LogP contribution is -2.51. The molecule has 21 heavy (non-hydrogen) atoms. The van der Waals surface area contributed by atoms with Crippen molar-refractivity contribution in [3.63, 3.8) is 0 Å².